The van der Waals surface area contributed by atoms with Crippen LogP contribution in [0.3, 0.4) is 0 Å². The summed E-state index contributed by atoms with van der Waals surface area (Å²) in [5.74, 6) is -0.299. The van der Waals surface area contributed by atoms with Gasteiger partial charge in [0.1, 0.15) is 18.3 Å². The number of anilines is 1. The van der Waals surface area contributed by atoms with E-state index in [0.717, 1.165) is 15.4 Å². The second-order valence-corrected chi connectivity index (χ2v) is 13.8. The SMILES string of the molecule is CCCNC(=O)C(Cc1ccccc1)N(Cc1ccc(Cl)cc1)C(=O)CN(c1ccc(OCC)cc1)S(=O)(=O)c1ccc(Br)cc1. The number of carbonyl (C=O) groups excluding carboxylic acids is 2. The molecule has 0 bridgehead atoms. The van der Waals surface area contributed by atoms with Gasteiger partial charge < -0.3 is 15.0 Å². The Morgan fingerprint density at radius 1 is 0.870 bits per heavy atom. The molecule has 1 unspecified atom stereocenters. The fourth-order valence-electron chi connectivity index (χ4n) is 4.84. The van der Waals surface area contributed by atoms with Crippen LogP contribution in [0.4, 0.5) is 5.69 Å². The first kappa shape index (κ1) is 35.0. The van der Waals surface area contributed by atoms with Crippen LogP contribution in [-0.2, 0) is 32.6 Å². The normalized spacial score (nSPS) is 11.8. The zero-order valence-electron chi connectivity index (χ0n) is 25.7. The second kappa shape index (κ2) is 16.6. The summed E-state index contributed by atoms with van der Waals surface area (Å²) in [4.78, 5) is 29.7. The lowest BCUT2D eigenvalue weighted by Crippen LogP contribution is -2.53. The molecule has 4 aromatic carbocycles. The van der Waals surface area contributed by atoms with Crippen molar-refractivity contribution in [2.75, 3.05) is 24.0 Å². The number of halogens is 2. The summed E-state index contributed by atoms with van der Waals surface area (Å²) >= 11 is 9.50. The molecule has 0 aliphatic carbocycles. The molecule has 0 aliphatic rings. The Morgan fingerprint density at radius 3 is 2.13 bits per heavy atom. The van der Waals surface area contributed by atoms with Gasteiger partial charge in [0, 0.05) is 29.0 Å². The predicted octanol–water partition coefficient (Wildman–Crippen LogP) is 6.86. The lowest BCUT2D eigenvalue weighted by atomic mass is 10.0. The first-order valence-electron chi connectivity index (χ1n) is 15.0. The fourth-order valence-corrected chi connectivity index (χ4v) is 6.65. The number of nitrogens with zero attached hydrogens (tertiary/aromatic N) is 2. The van der Waals surface area contributed by atoms with Crippen LogP contribution in [-0.4, -0.2) is 50.9 Å². The third-order valence-electron chi connectivity index (χ3n) is 7.20. The molecular formula is C35H37BrClN3O5S. The van der Waals surface area contributed by atoms with Crippen molar-refractivity contribution >= 4 is 55.1 Å². The fraction of sp³-hybridized carbons (Fsp3) is 0.257. The van der Waals surface area contributed by atoms with Crippen LogP contribution in [0.2, 0.25) is 5.02 Å². The van der Waals surface area contributed by atoms with Crippen molar-refractivity contribution in [3.8, 4) is 5.75 Å². The average molecular weight is 727 g/mol. The van der Waals surface area contributed by atoms with Crippen LogP contribution in [0, 0.1) is 0 Å². The van der Waals surface area contributed by atoms with Crippen molar-refractivity contribution in [2.24, 2.45) is 0 Å². The average Bonchev–Trinajstić information content (AvgIpc) is 3.06. The summed E-state index contributed by atoms with van der Waals surface area (Å²) < 4.78 is 35.7. The van der Waals surface area contributed by atoms with E-state index in [4.69, 9.17) is 16.3 Å². The van der Waals surface area contributed by atoms with Crippen LogP contribution in [0.1, 0.15) is 31.4 Å². The highest BCUT2D eigenvalue weighted by atomic mass is 79.9. The van der Waals surface area contributed by atoms with Gasteiger partial charge in [0.15, 0.2) is 0 Å². The number of sulfonamides is 1. The number of hydrogen-bond donors (Lipinski definition) is 1. The molecule has 4 aromatic rings. The molecule has 242 valence electrons. The second-order valence-electron chi connectivity index (χ2n) is 10.5. The number of carbonyl (C=O) groups is 2. The minimum Gasteiger partial charge on any atom is -0.494 e. The van der Waals surface area contributed by atoms with Gasteiger partial charge in [-0.05, 0) is 85.1 Å². The zero-order valence-corrected chi connectivity index (χ0v) is 28.9. The van der Waals surface area contributed by atoms with E-state index in [-0.39, 0.29) is 29.5 Å². The molecule has 11 heteroatoms. The first-order chi connectivity index (χ1) is 22.1. The maximum absolute atomic E-state index is 14.5. The Labute approximate surface area is 284 Å². The van der Waals surface area contributed by atoms with Gasteiger partial charge in [0.25, 0.3) is 10.0 Å². The van der Waals surface area contributed by atoms with Crippen LogP contribution in [0.25, 0.3) is 0 Å². The largest absolute Gasteiger partial charge is 0.494 e. The third-order valence-corrected chi connectivity index (χ3v) is 9.77. The maximum atomic E-state index is 14.5. The lowest BCUT2D eigenvalue weighted by molar-refractivity contribution is -0.140. The van der Waals surface area contributed by atoms with Crippen molar-refractivity contribution in [1.29, 1.82) is 0 Å². The summed E-state index contributed by atoms with van der Waals surface area (Å²) in [6.45, 7) is 4.19. The van der Waals surface area contributed by atoms with E-state index in [1.54, 1.807) is 60.7 Å². The van der Waals surface area contributed by atoms with Crippen LogP contribution >= 0.6 is 27.5 Å². The lowest BCUT2D eigenvalue weighted by Gasteiger charge is -2.34. The van der Waals surface area contributed by atoms with Gasteiger partial charge in [-0.2, -0.15) is 0 Å². The van der Waals surface area contributed by atoms with Gasteiger partial charge in [-0.25, -0.2) is 8.42 Å². The van der Waals surface area contributed by atoms with E-state index in [1.807, 2.05) is 44.2 Å². The Balaban J connectivity index is 1.79. The molecule has 0 saturated heterocycles. The number of amides is 2. The molecule has 0 aromatic heterocycles. The highest BCUT2D eigenvalue weighted by Crippen LogP contribution is 2.28. The van der Waals surface area contributed by atoms with Crippen molar-refractivity contribution in [3.05, 3.63) is 124 Å². The zero-order chi connectivity index (χ0) is 33.1. The minimum absolute atomic E-state index is 0.0168. The molecule has 0 spiro atoms. The number of rotatable bonds is 15. The summed E-state index contributed by atoms with van der Waals surface area (Å²) in [5, 5.41) is 3.48. The monoisotopic (exact) mass is 725 g/mol. The summed E-state index contributed by atoms with van der Waals surface area (Å²) in [7, 11) is -4.22. The molecule has 46 heavy (non-hydrogen) atoms. The Kier molecular flexibility index (Phi) is 12.7. The minimum atomic E-state index is -4.22. The van der Waals surface area contributed by atoms with E-state index in [9.17, 15) is 18.0 Å². The molecule has 0 aliphatic heterocycles. The summed E-state index contributed by atoms with van der Waals surface area (Å²) in [6.07, 6.45) is 0.949. The number of benzene rings is 4. The molecule has 0 fully saturated rings. The number of nitrogens with one attached hydrogen (secondary N) is 1. The highest BCUT2D eigenvalue weighted by Gasteiger charge is 2.34. The molecular weight excluding hydrogens is 690 g/mol. The van der Waals surface area contributed by atoms with Crippen LogP contribution in [0.15, 0.2) is 112 Å². The Hall–Kier alpha value is -3.86. The van der Waals surface area contributed by atoms with Gasteiger partial charge in [0.05, 0.1) is 17.2 Å². The first-order valence-corrected chi connectivity index (χ1v) is 17.6. The predicted molar refractivity (Wildman–Crippen MR) is 186 cm³/mol. The van der Waals surface area contributed by atoms with Gasteiger partial charge in [0.2, 0.25) is 11.8 Å². The van der Waals surface area contributed by atoms with Crippen molar-refractivity contribution in [1.82, 2.24) is 10.2 Å². The van der Waals surface area contributed by atoms with Crippen molar-refractivity contribution in [2.45, 2.75) is 44.2 Å². The van der Waals surface area contributed by atoms with Gasteiger partial charge >= 0.3 is 0 Å². The molecule has 1 N–H and O–H groups in total. The molecule has 0 radical (unpaired) electrons. The molecule has 0 heterocycles. The summed E-state index contributed by atoms with van der Waals surface area (Å²) in [5.41, 5.74) is 1.88. The van der Waals surface area contributed by atoms with Gasteiger partial charge in [-0.3, -0.25) is 13.9 Å². The summed E-state index contributed by atoms with van der Waals surface area (Å²) in [6, 6.07) is 28.3. The van der Waals surface area contributed by atoms with Crippen LogP contribution < -0.4 is 14.4 Å². The topological polar surface area (TPSA) is 96.0 Å². The maximum Gasteiger partial charge on any atom is 0.264 e. The smallest absolute Gasteiger partial charge is 0.264 e. The molecule has 0 saturated carbocycles. The van der Waals surface area contributed by atoms with Crippen molar-refractivity contribution < 1.29 is 22.7 Å². The quantitative estimate of drug-likeness (QED) is 0.145. The van der Waals surface area contributed by atoms with E-state index < -0.39 is 28.5 Å². The molecule has 4 rings (SSSR count). The van der Waals surface area contributed by atoms with Crippen molar-refractivity contribution in [3.63, 3.8) is 0 Å². The Morgan fingerprint density at radius 2 is 1.52 bits per heavy atom. The molecule has 1 atom stereocenters. The van der Waals surface area contributed by atoms with E-state index in [2.05, 4.69) is 21.2 Å². The van der Waals surface area contributed by atoms with Crippen LogP contribution in [0.5, 0.6) is 5.75 Å². The standard InChI is InChI=1S/C35H37BrClN3O5S/c1-3-22-38-35(42)33(23-26-8-6-5-7-9-26)39(24-27-10-14-29(37)15-11-27)34(41)25-40(30-16-18-31(19-17-30)45-4-2)46(43,44)32-20-12-28(36)13-21-32/h5-21,33H,3-4,22-25H2,1-2H3,(H,38,42). The third kappa shape index (κ3) is 9.34. The van der Waals surface area contributed by atoms with Gasteiger partial charge in [-0.1, -0.05) is 76.9 Å². The Bertz CT molecular complexity index is 1690. The highest BCUT2D eigenvalue weighted by molar-refractivity contribution is 9.10. The number of hydrogen-bond acceptors (Lipinski definition) is 5. The van der Waals surface area contributed by atoms with E-state index >= 15 is 0 Å². The van der Waals surface area contributed by atoms with E-state index in [0.29, 0.717) is 34.8 Å². The molecule has 8 nitrogen and oxygen atoms in total. The van der Waals surface area contributed by atoms with Gasteiger partial charge in [-0.15, -0.1) is 0 Å². The molecule has 2 amide bonds. The van der Waals surface area contributed by atoms with E-state index in [1.165, 1.54) is 17.0 Å². The number of ether oxygens (including phenoxy) is 1.